The summed E-state index contributed by atoms with van der Waals surface area (Å²) < 4.78 is 0. The summed E-state index contributed by atoms with van der Waals surface area (Å²) in [6, 6.07) is 7.14. The van der Waals surface area contributed by atoms with Gasteiger partial charge in [-0.25, -0.2) is 4.98 Å². The summed E-state index contributed by atoms with van der Waals surface area (Å²) in [5.74, 6) is 1.17. The molecule has 1 aromatic carbocycles. The average Bonchev–Trinajstić information content (AvgIpc) is 2.91. The minimum Gasteiger partial charge on any atom is -0.396 e. The van der Waals surface area contributed by atoms with Gasteiger partial charge in [0.1, 0.15) is 5.82 Å². The van der Waals surface area contributed by atoms with Crippen molar-refractivity contribution in [2.45, 2.75) is 13.8 Å². The van der Waals surface area contributed by atoms with E-state index in [2.05, 4.69) is 20.5 Å². The van der Waals surface area contributed by atoms with Crippen LogP contribution in [-0.4, -0.2) is 39.3 Å². The molecule has 0 radical (unpaired) electrons. The molecule has 0 saturated heterocycles. The van der Waals surface area contributed by atoms with Crippen LogP contribution in [0.25, 0.3) is 11.4 Å². The van der Waals surface area contributed by atoms with Gasteiger partial charge in [-0.15, -0.1) is 0 Å². The van der Waals surface area contributed by atoms with Crippen molar-refractivity contribution in [1.29, 1.82) is 0 Å². The Hall–Kier alpha value is -2.21. The van der Waals surface area contributed by atoms with Gasteiger partial charge in [0.2, 0.25) is 0 Å². The van der Waals surface area contributed by atoms with E-state index >= 15 is 0 Å². The summed E-state index contributed by atoms with van der Waals surface area (Å²) in [5.41, 5.74) is 1.34. The predicted molar refractivity (Wildman–Crippen MR) is 75.1 cm³/mol. The van der Waals surface area contributed by atoms with Gasteiger partial charge in [-0.2, -0.15) is 5.10 Å². The molecule has 1 amide bonds. The smallest absolute Gasteiger partial charge is 0.251 e. The van der Waals surface area contributed by atoms with Crippen molar-refractivity contribution in [3.63, 3.8) is 0 Å². The molecule has 1 unspecified atom stereocenters. The summed E-state index contributed by atoms with van der Waals surface area (Å²) >= 11 is 0. The number of aromatic amines is 1. The monoisotopic (exact) mass is 274 g/mol. The average molecular weight is 274 g/mol. The number of benzene rings is 1. The van der Waals surface area contributed by atoms with E-state index in [0.717, 1.165) is 11.4 Å². The zero-order chi connectivity index (χ0) is 14.5. The molecule has 0 saturated carbocycles. The number of rotatable bonds is 5. The molecule has 20 heavy (non-hydrogen) atoms. The molecule has 3 N–H and O–H groups in total. The maximum Gasteiger partial charge on any atom is 0.251 e. The maximum absolute atomic E-state index is 12.0. The lowest BCUT2D eigenvalue weighted by atomic mass is 10.1. The van der Waals surface area contributed by atoms with Gasteiger partial charge in [-0.1, -0.05) is 19.1 Å². The fourth-order valence-corrected chi connectivity index (χ4v) is 1.70. The Balaban J connectivity index is 2.11. The van der Waals surface area contributed by atoms with Crippen LogP contribution in [0.4, 0.5) is 0 Å². The van der Waals surface area contributed by atoms with Crippen molar-refractivity contribution in [3.05, 3.63) is 35.7 Å². The van der Waals surface area contributed by atoms with Crippen LogP contribution >= 0.6 is 0 Å². The third kappa shape index (κ3) is 3.42. The lowest BCUT2D eigenvalue weighted by Gasteiger charge is -2.09. The minimum absolute atomic E-state index is 0.0396. The molecule has 0 aliphatic heterocycles. The molecular weight excluding hydrogens is 256 g/mol. The van der Waals surface area contributed by atoms with Crippen molar-refractivity contribution in [2.24, 2.45) is 5.92 Å². The van der Waals surface area contributed by atoms with Crippen LogP contribution in [0.3, 0.4) is 0 Å². The first kappa shape index (κ1) is 14.2. The third-order valence-corrected chi connectivity index (χ3v) is 2.90. The van der Waals surface area contributed by atoms with Crippen molar-refractivity contribution in [3.8, 4) is 11.4 Å². The molecule has 0 bridgehead atoms. The number of aliphatic hydroxyl groups excluding tert-OH is 1. The fourth-order valence-electron chi connectivity index (χ4n) is 1.70. The van der Waals surface area contributed by atoms with Crippen molar-refractivity contribution < 1.29 is 9.90 Å². The van der Waals surface area contributed by atoms with Gasteiger partial charge < -0.3 is 10.4 Å². The Morgan fingerprint density at radius 1 is 1.50 bits per heavy atom. The Morgan fingerprint density at radius 3 is 2.95 bits per heavy atom. The zero-order valence-corrected chi connectivity index (χ0v) is 11.6. The third-order valence-electron chi connectivity index (χ3n) is 2.90. The van der Waals surface area contributed by atoms with E-state index in [1.54, 1.807) is 18.2 Å². The molecule has 1 aromatic heterocycles. The van der Waals surface area contributed by atoms with E-state index in [1.165, 1.54) is 0 Å². The summed E-state index contributed by atoms with van der Waals surface area (Å²) in [6.07, 6.45) is 0. The lowest BCUT2D eigenvalue weighted by Crippen LogP contribution is -2.29. The second-order valence-electron chi connectivity index (χ2n) is 4.82. The zero-order valence-electron chi connectivity index (χ0n) is 11.6. The first-order chi connectivity index (χ1) is 9.60. The van der Waals surface area contributed by atoms with Gasteiger partial charge in [0.25, 0.3) is 5.91 Å². The number of amides is 1. The van der Waals surface area contributed by atoms with Gasteiger partial charge in [0.15, 0.2) is 5.82 Å². The Labute approximate surface area is 117 Å². The van der Waals surface area contributed by atoms with E-state index in [4.69, 9.17) is 5.11 Å². The first-order valence-electron chi connectivity index (χ1n) is 6.48. The molecule has 6 nitrogen and oxygen atoms in total. The number of aryl methyl sites for hydroxylation is 1. The largest absolute Gasteiger partial charge is 0.396 e. The number of carbonyl (C=O) groups is 1. The van der Waals surface area contributed by atoms with Gasteiger partial charge in [0.05, 0.1) is 0 Å². The van der Waals surface area contributed by atoms with Crippen LogP contribution in [-0.2, 0) is 0 Å². The number of hydrogen-bond donors (Lipinski definition) is 3. The van der Waals surface area contributed by atoms with Crippen LogP contribution in [0.5, 0.6) is 0 Å². The minimum atomic E-state index is -0.167. The van der Waals surface area contributed by atoms with Crippen LogP contribution in [0.2, 0.25) is 0 Å². The molecule has 1 atom stereocenters. The SMILES string of the molecule is Cc1nc(-c2cccc(C(=O)NCC(C)CO)c2)n[nH]1. The van der Waals surface area contributed by atoms with Crippen LogP contribution in [0, 0.1) is 12.8 Å². The second-order valence-corrected chi connectivity index (χ2v) is 4.82. The van der Waals surface area contributed by atoms with Gasteiger partial charge in [-0.3, -0.25) is 9.89 Å². The molecule has 6 heteroatoms. The fraction of sp³-hybridized carbons (Fsp3) is 0.357. The summed E-state index contributed by atoms with van der Waals surface area (Å²) in [4.78, 5) is 16.2. The number of carbonyl (C=O) groups excluding carboxylic acids is 1. The molecule has 2 rings (SSSR count). The van der Waals surface area contributed by atoms with E-state index in [0.29, 0.717) is 17.9 Å². The highest BCUT2D eigenvalue weighted by Gasteiger charge is 2.10. The van der Waals surface area contributed by atoms with Crippen LogP contribution in [0.15, 0.2) is 24.3 Å². The standard InChI is InChI=1S/C14H18N4O2/c1-9(8-19)7-15-14(20)12-5-3-4-11(6-12)13-16-10(2)17-18-13/h3-6,9,19H,7-8H2,1-2H3,(H,15,20)(H,16,17,18). The number of aromatic nitrogens is 3. The van der Waals surface area contributed by atoms with Crippen molar-refractivity contribution in [1.82, 2.24) is 20.5 Å². The molecular formula is C14H18N4O2. The van der Waals surface area contributed by atoms with Crippen molar-refractivity contribution in [2.75, 3.05) is 13.2 Å². The Bertz CT molecular complexity index is 594. The number of aliphatic hydroxyl groups is 1. The molecule has 0 aliphatic rings. The molecule has 0 aliphatic carbocycles. The van der Waals surface area contributed by atoms with Crippen LogP contribution < -0.4 is 5.32 Å². The molecule has 1 heterocycles. The van der Waals surface area contributed by atoms with Gasteiger partial charge >= 0.3 is 0 Å². The Morgan fingerprint density at radius 2 is 2.30 bits per heavy atom. The predicted octanol–water partition coefficient (Wildman–Crippen LogP) is 1.14. The first-order valence-corrected chi connectivity index (χ1v) is 6.48. The van der Waals surface area contributed by atoms with E-state index in [1.807, 2.05) is 19.9 Å². The lowest BCUT2D eigenvalue weighted by molar-refractivity contribution is 0.0942. The Kier molecular flexibility index (Phi) is 4.47. The van der Waals surface area contributed by atoms with E-state index in [9.17, 15) is 4.79 Å². The normalized spacial score (nSPS) is 12.2. The molecule has 0 fully saturated rings. The second kappa shape index (κ2) is 6.29. The quantitative estimate of drug-likeness (QED) is 0.762. The summed E-state index contributed by atoms with van der Waals surface area (Å²) in [6.45, 7) is 4.19. The number of nitrogens with one attached hydrogen (secondary N) is 2. The van der Waals surface area contributed by atoms with E-state index < -0.39 is 0 Å². The molecule has 106 valence electrons. The molecule has 0 spiro atoms. The van der Waals surface area contributed by atoms with Crippen molar-refractivity contribution >= 4 is 5.91 Å². The van der Waals surface area contributed by atoms with Gasteiger partial charge in [0, 0.05) is 24.3 Å². The van der Waals surface area contributed by atoms with E-state index in [-0.39, 0.29) is 18.4 Å². The summed E-state index contributed by atoms with van der Waals surface area (Å²) in [7, 11) is 0. The topological polar surface area (TPSA) is 90.9 Å². The van der Waals surface area contributed by atoms with Crippen LogP contribution in [0.1, 0.15) is 23.1 Å². The molecule has 2 aromatic rings. The number of nitrogens with zero attached hydrogens (tertiary/aromatic N) is 2. The highest BCUT2D eigenvalue weighted by atomic mass is 16.3. The number of H-pyrrole nitrogens is 1. The summed E-state index contributed by atoms with van der Waals surface area (Å²) in [5, 5.41) is 18.6. The highest BCUT2D eigenvalue weighted by molar-refractivity contribution is 5.95. The highest BCUT2D eigenvalue weighted by Crippen LogP contribution is 2.16. The van der Waals surface area contributed by atoms with Gasteiger partial charge in [-0.05, 0) is 25.0 Å². The number of hydrogen-bond acceptors (Lipinski definition) is 4. The maximum atomic E-state index is 12.0.